The molecule has 0 saturated heterocycles. The Morgan fingerprint density at radius 2 is 0.879 bits per heavy atom. The van der Waals surface area contributed by atoms with Crippen LogP contribution in [0.5, 0.6) is 0 Å². The van der Waals surface area contributed by atoms with E-state index in [-0.39, 0.29) is 0 Å². The zero-order valence-electron chi connectivity index (χ0n) is 36.1. The van der Waals surface area contributed by atoms with Crippen LogP contribution in [0.4, 0.5) is 17.1 Å². The molecule has 0 aliphatic carbocycles. The SMILES string of the molecule is c1cccc(-c2cccc(-c3ccc(N(c4ccc(-c5ccc(-c6ccccc6)cc5)cc4)c4cccc(-c5c6ccccc6cc6c5c5ccccc5n6-c5ccccc5)c4)cc3)c2)c#1. The van der Waals surface area contributed by atoms with E-state index in [1.54, 1.807) is 0 Å². The van der Waals surface area contributed by atoms with Crippen LogP contribution < -0.4 is 4.90 Å². The lowest BCUT2D eigenvalue weighted by Gasteiger charge is -2.27. The molecule has 0 atom stereocenters. The third-order valence-corrected chi connectivity index (χ3v) is 12.8. The molecular formula is C64H42N2. The van der Waals surface area contributed by atoms with E-state index in [2.05, 4.69) is 264 Å². The molecule has 66 heavy (non-hydrogen) atoms. The smallest absolute Gasteiger partial charge is 0.0553 e. The molecule has 2 nitrogen and oxygen atoms in total. The number of hydrogen-bond acceptors (Lipinski definition) is 1. The highest BCUT2D eigenvalue weighted by Crippen LogP contribution is 2.45. The van der Waals surface area contributed by atoms with Gasteiger partial charge in [-0.25, -0.2) is 0 Å². The van der Waals surface area contributed by atoms with Crippen molar-refractivity contribution in [1.82, 2.24) is 4.57 Å². The minimum Gasteiger partial charge on any atom is -0.310 e. The molecule has 0 radical (unpaired) electrons. The normalized spacial score (nSPS) is 11.2. The lowest BCUT2D eigenvalue weighted by molar-refractivity contribution is 1.18. The van der Waals surface area contributed by atoms with Gasteiger partial charge in [-0.1, -0.05) is 188 Å². The van der Waals surface area contributed by atoms with E-state index in [1.165, 1.54) is 60.4 Å². The van der Waals surface area contributed by atoms with E-state index < -0.39 is 0 Å². The van der Waals surface area contributed by atoms with Crippen LogP contribution >= 0.6 is 0 Å². The van der Waals surface area contributed by atoms with Gasteiger partial charge >= 0.3 is 0 Å². The van der Waals surface area contributed by atoms with Crippen LogP contribution in [-0.4, -0.2) is 4.57 Å². The van der Waals surface area contributed by atoms with Crippen LogP contribution in [0.3, 0.4) is 0 Å². The van der Waals surface area contributed by atoms with Crippen molar-refractivity contribution in [3.8, 4) is 61.3 Å². The first kappa shape index (κ1) is 38.7. The molecule has 1 aromatic heterocycles. The summed E-state index contributed by atoms with van der Waals surface area (Å²) in [5.74, 6) is 0. The summed E-state index contributed by atoms with van der Waals surface area (Å²) in [6.07, 6.45) is 0. The number of nitrogens with zero attached hydrogens (tertiary/aromatic N) is 2. The second-order valence-corrected chi connectivity index (χ2v) is 16.8. The van der Waals surface area contributed by atoms with Crippen LogP contribution in [0.15, 0.2) is 255 Å². The maximum atomic E-state index is 3.27. The number of para-hydroxylation sites is 2. The monoisotopic (exact) mass is 838 g/mol. The van der Waals surface area contributed by atoms with E-state index >= 15 is 0 Å². The Morgan fingerprint density at radius 1 is 0.333 bits per heavy atom. The second-order valence-electron chi connectivity index (χ2n) is 16.8. The molecule has 1 heterocycles. The van der Waals surface area contributed by atoms with Gasteiger partial charge in [0.2, 0.25) is 0 Å². The molecule has 0 aliphatic heterocycles. The molecule has 2 heteroatoms. The molecule has 0 bridgehead atoms. The predicted molar refractivity (Wildman–Crippen MR) is 278 cm³/mol. The quantitative estimate of drug-likeness (QED) is 0.141. The van der Waals surface area contributed by atoms with Crippen molar-refractivity contribution < 1.29 is 0 Å². The molecule has 12 rings (SSSR count). The highest BCUT2D eigenvalue weighted by molar-refractivity contribution is 6.23. The van der Waals surface area contributed by atoms with Crippen molar-refractivity contribution in [3.63, 3.8) is 0 Å². The maximum Gasteiger partial charge on any atom is 0.0553 e. The highest BCUT2D eigenvalue weighted by atomic mass is 15.1. The van der Waals surface area contributed by atoms with Crippen LogP contribution in [0.2, 0.25) is 0 Å². The van der Waals surface area contributed by atoms with Crippen LogP contribution in [-0.2, 0) is 0 Å². The molecule has 12 aromatic rings. The van der Waals surface area contributed by atoms with Crippen molar-refractivity contribution >= 4 is 49.6 Å². The molecule has 0 unspecified atom stereocenters. The molecule has 0 saturated carbocycles. The molecular weight excluding hydrogens is 797 g/mol. The van der Waals surface area contributed by atoms with E-state index in [4.69, 9.17) is 0 Å². The molecule has 11 aromatic carbocycles. The first-order chi connectivity index (χ1) is 32.7. The molecule has 0 N–H and O–H groups in total. The largest absolute Gasteiger partial charge is 0.310 e. The third kappa shape index (κ3) is 7.06. The van der Waals surface area contributed by atoms with E-state index in [9.17, 15) is 0 Å². The van der Waals surface area contributed by atoms with Gasteiger partial charge in [0.1, 0.15) is 0 Å². The maximum absolute atomic E-state index is 3.27. The first-order valence-electron chi connectivity index (χ1n) is 22.5. The minimum absolute atomic E-state index is 1.03. The van der Waals surface area contributed by atoms with Gasteiger partial charge in [-0.3, -0.25) is 0 Å². The fraction of sp³-hybridized carbons (Fsp3) is 0. The van der Waals surface area contributed by atoms with Gasteiger partial charge in [-0.05, 0) is 140 Å². The van der Waals surface area contributed by atoms with Crippen LogP contribution in [0, 0.1) is 12.1 Å². The summed E-state index contributed by atoms with van der Waals surface area (Å²) in [4.78, 5) is 2.39. The Morgan fingerprint density at radius 3 is 1.58 bits per heavy atom. The molecule has 0 fully saturated rings. The van der Waals surface area contributed by atoms with Crippen molar-refractivity contribution in [2.24, 2.45) is 0 Å². The number of anilines is 3. The average Bonchev–Trinajstić information content (AvgIpc) is 3.73. The molecule has 0 aliphatic rings. The van der Waals surface area contributed by atoms with Crippen LogP contribution in [0.1, 0.15) is 0 Å². The Kier molecular flexibility index (Phi) is 9.78. The summed E-state index contributed by atoms with van der Waals surface area (Å²) in [5.41, 5.74) is 18.4. The summed E-state index contributed by atoms with van der Waals surface area (Å²) < 4.78 is 2.42. The molecule has 0 amide bonds. The third-order valence-electron chi connectivity index (χ3n) is 12.8. The summed E-state index contributed by atoms with van der Waals surface area (Å²) in [7, 11) is 0. The zero-order valence-corrected chi connectivity index (χ0v) is 36.1. The fourth-order valence-corrected chi connectivity index (χ4v) is 9.67. The topological polar surface area (TPSA) is 8.17 Å². The van der Waals surface area contributed by atoms with Crippen molar-refractivity contribution in [1.29, 1.82) is 0 Å². The van der Waals surface area contributed by atoms with Gasteiger partial charge in [0.05, 0.1) is 11.0 Å². The summed E-state index contributed by atoms with van der Waals surface area (Å²) in [6.45, 7) is 0. The standard InChI is InChI=1S/C64H42N2/c1-4-16-45(17-5-1)47-30-32-48(33-31-47)49-34-38-56(39-35-49)65(57-40-36-50(37-41-57)52-22-14-21-51(42-52)46-18-6-2-7-19-46)58-26-15-23-54(43-58)63-59-27-11-10-20-53(59)44-62-64(63)60-28-12-13-29-61(60)66(62)55-24-8-3-9-25-55/h1-6,8-18,20-44H. The fourth-order valence-electron chi connectivity index (χ4n) is 9.67. The number of fused-ring (bicyclic) bond motifs is 4. The number of hydrogen-bond donors (Lipinski definition) is 0. The predicted octanol–water partition coefficient (Wildman–Crippen LogP) is 17.3. The average molecular weight is 839 g/mol. The summed E-state index contributed by atoms with van der Waals surface area (Å²) in [5, 5.41) is 4.91. The van der Waals surface area contributed by atoms with E-state index in [0.29, 0.717) is 0 Å². The number of aromatic nitrogens is 1. The van der Waals surface area contributed by atoms with Gasteiger partial charge in [-0.2, -0.15) is 0 Å². The van der Waals surface area contributed by atoms with Gasteiger partial charge in [0.25, 0.3) is 0 Å². The molecule has 308 valence electrons. The Hall–Kier alpha value is -8.90. The Balaban J connectivity index is 0.998. The van der Waals surface area contributed by atoms with Gasteiger partial charge in [-0.15, -0.1) is 0 Å². The number of benzene rings is 10. The van der Waals surface area contributed by atoms with E-state index in [1.807, 2.05) is 12.1 Å². The molecule has 0 spiro atoms. The minimum atomic E-state index is 1.03. The van der Waals surface area contributed by atoms with Crippen molar-refractivity contribution in [2.45, 2.75) is 0 Å². The summed E-state index contributed by atoms with van der Waals surface area (Å²) in [6, 6.07) is 98.2. The van der Waals surface area contributed by atoms with Gasteiger partial charge < -0.3 is 9.47 Å². The second kappa shape index (κ2) is 16.7. The van der Waals surface area contributed by atoms with Crippen LogP contribution in [0.25, 0.3) is 93.9 Å². The Labute approximate surface area is 385 Å². The zero-order chi connectivity index (χ0) is 43.8. The Bertz CT molecular complexity index is 3650. The van der Waals surface area contributed by atoms with Gasteiger partial charge in [0, 0.05) is 39.1 Å². The highest BCUT2D eigenvalue weighted by Gasteiger charge is 2.21. The van der Waals surface area contributed by atoms with Gasteiger partial charge in [0.15, 0.2) is 0 Å². The summed E-state index contributed by atoms with van der Waals surface area (Å²) >= 11 is 0. The first-order valence-corrected chi connectivity index (χ1v) is 22.5. The lowest BCUT2D eigenvalue weighted by atomic mass is 9.92. The lowest BCUT2D eigenvalue weighted by Crippen LogP contribution is -2.10. The number of rotatable bonds is 9. The van der Waals surface area contributed by atoms with Crippen molar-refractivity contribution in [3.05, 3.63) is 267 Å². The van der Waals surface area contributed by atoms with E-state index in [0.717, 1.165) is 50.6 Å². The van der Waals surface area contributed by atoms with Crippen molar-refractivity contribution in [2.75, 3.05) is 4.90 Å².